The van der Waals surface area contributed by atoms with Gasteiger partial charge in [-0.15, -0.1) is 0 Å². The van der Waals surface area contributed by atoms with E-state index in [-0.39, 0.29) is 48.1 Å². The second kappa shape index (κ2) is 6.74. The van der Waals surface area contributed by atoms with Crippen LogP contribution in [-0.4, -0.2) is 35.6 Å². The molecule has 15 heavy (non-hydrogen) atoms. The van der Waals surface area contributed by atoms with Gasteiger partial charge in [-0.2, -0.15) is 26.3 Å². The molecule has 0 unspecified atom stereocenters. The molecule has 0 fully saturated rings. The van der Waals surface area contributed by atoms with Crippen LogP contribution in [-0.2, 0) is 0 Å². The molecular weight excluding hydrogens is 264 g/mol. The molecule has 0 aliphatic rings. The van der Waals surface area contributed by atoms with Crippen LogP contribution in [0.25, 0.3) is 0 Å². The Bertz CT molecular complexity index is 150. The number of hydrogen-bond acceptors (Lipinski definition) is 2. The average Bonchev–Trinajstić information content (AvgIpc) is 1.98. The highest BCUT2D eigenvalue weighted by molar-refractivity contribution is 8.00. The molecule has 0 heterocycles. The summed E-state index contributed by atoms with van der Waals surface area (Å²) in [6, 6.07) is 0. The minimum absolute atomic E-state index is 0.139. The van der Waals surface area contributed by atoms with Gasteiger partial charge in [0.05, 0.1) is 24.6 Å². The summed E-state index contributed by atoms with van der Waals surface area (Å²) in [6.07, 6.45) is 0. The highest BCUT2D eigenvalue weighted by Gasteiger charge is 2.28. The zero-order valence-electron chi connectivity index (χ0n) is 7.49. The van der Waals surface area contributed by atoms with E-state index < -0.39 is 11.0 Å². The van der Waals surface area contributed by atoms with Gasteiger partial charge >= 0.3 is 11.0 Å². The molecule has 0 aromatic rings. The van der Waals surface area contributed by atoms with E-state index in [2.05, 4.69) is 0 Å². The van der Waals surface area contributed by atoms with Gasteiger partial charge < -0.3 is 5.32 Å². The quantitative estimate of drug-likeness (QED) is 0.589. The summed E-state index contributed by atoms with van der Waals surface area (Å²) in [5.74, 6) is -0.277. The SMILES string of the molecule is FC(F)(F)SCC[NH2+]CCSC(F)(F)F. The van der Waals surface area contributed by atoms with Gasteiger partial charge in [-0.25, -0.2) is 0 Å². The largest absolute Gasteiger partial charge is 0.442 e. The highest BCUT2D eigenvalue weighted by Crippen LogP contribution is 2.29. The second-order valence-electron chi connectivity index (χ2n) is 2.45. The summed E-state index contributed by atoms with van der Waals surface area (Å²) in [5.41, 5.74) is -8.51. The third kappa shape index (κ3) is 14.2. The maximum Gasteiger partial charge on any atom is 0.442 e. The van der Waals surface area contributed by atoms with Crippen molar-refractivity contribution in [3.8, 4) is 0 Å². The molecule has 0 spiro atoms. The van der Waals surface area contributed by atoms with E-state index in [0.717, 1.165) is 0 Å². The van der Waals surface area contributed by atoms with Crippen LogP contribution in [0.3, 0.4) is 0 Å². The molecule has 0 atom stereocenters. The van der Waals surface area contributed by atoms with E-state index in [9.17, 15) is 26.3 Å². The Labute approximate surface area is 91.4 Å². The first-order valence-corrected chi connectivity index (χ1v) is 5.91. The molecule has 0 aliphatic carbocycles. The molecule has 0 aromatic carbocycles. The number of rotatable bonds is 6. The van der Waals surface area contributed by atoms with Crippen LogP contribution < -0.4 is 5.32 Å². The third-order valence-electron chi connectivity index (χ3n) is 1.18. The van der Waals surface area contributed by atoms with Crippen molar-refractivity contribution in [1.29, 1.82) is 0 Å². The van der Waals surface area contributed by atoms with E-state index in [1.165, 1.54) is 5.32 Å². The molecule has 0 radical (unpaired) electrons. The number of nitrogens with two attached hydrogens (primary N) is 1. The van der Waals surface area contributed by atoms with Crippen LogP contribution in [0, 0.1) is 0 Å². The molecule has 0 aliphatic heterocycles. The lowest BCUT2D eigenvalue weighted by Crippen LogP contribution is -2.85. The lowest BCUT2D eigenvalue weighted by molar-refractivity contribution is -0.646. The zero-order valence-corrected chi connectivity index (χ0v) is 9.12. The van der Waals surface area contributed by atoms with Crippen molar-refractivity contribution in [1.82, 2.24) is 0 Å². The maximum absolute atomic E-state index is 11.6. The fourth-order valence-electron chi connectivity index (χ4n) is 0.660. The lowest BCUT2D eigenvalue weighted by atomic mass is 10.7. The smallest absolute Gasteiger partial charge is 0.345 e. The minimum atomic E-state index is -4.26. The first-order chi connectivity index (χ1) is 6.71. The van der Waals surface area contributed by atoms with Gasteiger partial charge in [0.15, 0.2) is 0 Å². The zero-order chi connectivity index (χ0) is 11.9. The van der Waals surface area contributed by atoms with Crippen LogP contribution in [0.2, 0.25) is 0 Å². The van der Waals surface area contributed by atoms with Crippen LogP contribution in [0.15, 0.2) is 0 Å². The number of quaternary nitrogens is 1. The molecule has 0 saturated carbocycles. The van der Waals surface area contributed by atoms with E-state index in [0.29, 0.717) is 0 Å². The van der Waals surface area contributed by atoms with Gasteiger partial charge in [0.1, 0.15) is 0 Å². The normalized spacial score (nSPS) is 13.2. The summed E-state index contributed by atoms with van der Waals surface area (Å²) in [7, 11) is 0. The van der Waals surface area contributed by atoms with Gasteiger partial charge in [-0.3, -0.25) is 0 Å². The summed E-state index contributed by atoms with van der Waals surface area (Å²) in [6.45, 7) is 0.338. The Kier molecular flexibility index (Phi) is 6.85. The molecule has 0 bridgehead atoms. The number of thioether (sulfide) groups is 2. The average molecular weight is 274 g/mol. The molecule has 0 amide bonds. The monoisotopic (exact) mass is 274 g/mol. The molecule has 1 nitrogen and oxygen atoms in total. The molecule has 92 valence electrons. The van der Waals surface area contributed by atoms with Crippen molar-refractivity contribution >= 4 is 23.5 Å². The fraction of sp³-hybridized carbons (Fsp3) is 1.00. The Morgan fingerprint density at radius 3 is 1.33 bits per heavy atom. The molecule has 0 saturated heterocycles. The van der Waals surface area contributed by atoms with E-state index >= 15 is 0 Å². The Morgan fingerprint density at radius 1 is 0.733 bits per heavy atom. The highest BCUT2D eigenvalue weighted by atomic mass is 32.2. The topological polar surface area (TPSA) is 16.6 Å². The number of alkyl halides is 6. The van der Waals surface area contributed by atoms with Crippen LogP contribution in [0.5, 0.6) is 0 Å². The van der Waals surface area contributed by atoms with Crippen molar-refractivity contribution in [2.24, 2.45) is 0 Å². The van der Waals surface area contributed by atoms with Crippen molar-refractivity contribution in [3.63, 3.8) is 0 Å². The Hall–Kier alpha value is 0.240. The minimum Gasteiger partial charge on any atom is -0.345 e. The van der Waals surface area contributed by atoms with Crippen molar-refractivity contribution < 1.29 is 31.7 Å². The molecule has 0 rings (SSSR count). The molecular formula is C6H10F6NS2+. The van der Waals surface area contributed by atoms with Gasteiger partial charge in [0, 0.05) is 0 Å². The molecule has 2 N–H and O–H groups in total. The van der Waals surface area contributed by atoms with E-state index in [1.54, 1.807) is 0 Å². The first kappa shape index (κ1) is 15.2. The summed E-state index contributed by atoms with van der Waals surface area (Å²) >= 11 is -0.326. The van der Waals surface area contributed by atoms with Gasteiger partial charge in [-0.1, -0.05) is 0 Å². The second-order valence-corrected chi connectivity index (χ2v) is 4.77. The van der Waals surface area contributed by atoms with Gasteiger partial charge in [0.2, 0.25) is 0 Å². The summed E-state index contributed by atoms with van der Waals surface area (Å²) < 4.78 is 69.5. The first-order valence-electron chi connectivity index (χ1n) is 3.94. The van der Waals surface area contributed by atoms with Crippen molar-refractivity contribution in [2.45, 2.75) is 11.0 Å². The van der Waals surface area contributed by atoms with Gasteiger partial charge in [-0.05, 0) is 23.5 Å². The predicted molar refractivity (Wildman–Crippen MR) is 48.7 cm³/mol. The fourth-order valence-corrected chi connectivity index (χ4v) is 1.69. The standard InChI is InChI=1S/C6H9F6NS2/c7-5(8,9)14-3-1-13-2-4-15-6(10,11)12/h13H,1-4H2/p+1. The summed E-state index contributed by atoms with van der Waals surface area (Å²) in [4.78, 5) is 0. The Morgan fingerprint density at radius 2 is 1.07 bits per heavy atom. The third-order valence-corrected chi connectivity index (χ3v) is 2.71. The summed E-state index contributed by atoms with van der Waals surface area (Å²) in [5, 5.41) is 1.44. The van der Waals surface area contributed by atoms with Gasteiger partial charge in [0.25, 0.3) is 0 Å². The van der Waals surface area contributed by atoms with Crippen LogP contribution in [0.1, 0.15) is 0 Å². The van der Waals surface area contributed by atoms with E-state index in [4.69, 9.17) is 0 Å². The number of halogens is 6. The lowest BCUT2D eigenvalue weighted by Gasteiger charge is -2.06. The van der Waals surface area contributed by atoms with Crippen LogP contribution in [0.4, 0.5) is 26.3 Å². The molecule has 9 heteroatoms. The van der Waals surface area contributed by atoms with Crippen LogP contribution >= 0.6 is 23.5 Å². The van der Waals surface area contributed by atoms with E-state index in [1.807, 2.05) is 0 Å². The molecule has 0 aromatic heterocycles. The van der Waals surface area contributed by atoms with Crippen molar-refractivity contribution in [2.75, 3.05) is 24.6 Å². The number of hydrogen-bond donors (Lipinski definition) is 1. The van der Waals surface area contributed by atoms with Crippen molar-refractivity contribution in [3.05, 3.63) is 0 Å². The predicted octanol–water partition coefficient (Wildman–Crippen LogP) is 2.06. The Balaban J connectivity index is 3.20. The maximum atomic E-state index is 11.6.